The average molecular weight is 288 g/mol. The Hall–Kier alpha value is -1.92. The summed E-state index contributed by atoms with van der Waals surface area (Å²) in [5.74, 6) is 1.78. The maximum atomic E-state index is 6.13. The maximum Gasteiger partial charge on any atom is 0.264 e. The normalized spacial score (nSPS) is 17.0. The number of ether oxygens (including phenoxy) is 1. The molecule has 1 atom stereocenters. The summed E-state index contributed by atoms with van der Waals surface area (Å²) >= 11 is 0. The molecule has 112 valence electrons. The van der Waals surface area contributed by atoms with Crippen LogP contribution in [-0.2, 0) is 6.61 Å². The summed E-state index contributed by atoms with van der Waals surface area (Å²) in [6.45, 7) is 3.25. The van der Waals surface area contributed by atoms with Crippen LogP contribution in [-0.4, -0.2) is 34.7 Å². The van der Waals surface area contributed by atoms with Crippen LogP contribution in [0.4, 0.5) is 0 Å². The summed E-state index contributed by atoms with van der Waals surface area (Å²) in [5, 5.41) is 3.95. The SMILES string of the molecule is NC(CN1CCCC1)c1noc(COc2ccccc2)n1. The second kappa shape index (κ2) is 6.69. The van der Waals surface area contributed by atoms with Gasteiger partial charge < -0.3 is 19.9 Å². The molecule has 1 fully saturated rings. The molecule has 1 unspecified atom stereocenters. The largest absolute Gasteiger partial charge is 0.484 e. The van der Waals surface area contributed by atoms with Crippen molar-refractivity contribution in [2.24, 2.45) is 5.73 Å². The molecular weight excluding hydrogens is 268 g/mol. The van der Waals surface area contributed by atoms with E-state index >= 15 is 0 Å². The number of nitrogens with two attached hydrogens (primary N) is 1. The molecule has 0 aliphatic carbocycles. The Bertz CT molecular complexity index is 552. The number of para-hydroxylation sites is 1. The minimum absolute atomic E-state index is 0.211. The molecule has 21 heavy (non-hydrogen) atoms. The number of aromatic nitrogens is 2. The molecule has 0 radical (unpaired) electrons. The Balaban J connectivity index is 1.53. The van der Waals surface area contributed by atoms with E-state index in [1.54, 1.807) is 0 Å². The van der Waals surface area contributed by atoms with Crippen LogP contribution in [0, 0.1) is 0 Å². The maximum absolute atomic E-state index is 6.13. The van der Waals surface area contributed by atoms with Crippen LogP contribution in [0.2, 0.25) is 0 Å². The standard InChI is InChI=1S/C15H20N4O2/c16-13(10-19-8-4-5-9-19)15-17-14(21-18-15)11-20-12-6-2-1-3-7-12/h1-3,6-7,13H,4-5,8-11,16H2. The summed E-state index contributed by atoms with van der Waals surface area (Å²) in [6.07, 6.45) is 2.49. The van der Waals surface area contributed by atoms with Gasteiger partial charge in [-0.25, -0.2) is 0 Å². The zero-order chi connectivity index (χ0) is 14.5. The first kappa shape index (κ1) is 14.0. The Kier molecular flexibility index (Phi) is 4.47. The van der Waals surface area contributed by atoms with Crippen LogP contribution >= 0.6 is 0 Å². The molecule has 2 N–H and O–H groups in total. The molecule has 0 saturated carbocycles. The number of benzene rings is 1. The molecule has 1 saturated heterocycles. The van der Waals surface area contributed by atoms with Gasteiger partial charge in [-0.15, -0.1) is 0 Å². The fourth-order valence-electron chi connectivity index (χ4n) is 2.46. The van der Waals surface area contributed by atoms with Crippen molar-refractivity contribution in [2.45, 2.75) is 25.5 Å². The number of nitrogens with zero attached hydrogens (tertiary/aromatic N) is 3. The molecule has 0 spiro atoms. The Morgan fingerprint density at radius 3 is 2.76 bits per heavy atom. The minimum atomic E-state index is -0.211. The van der Waals surface area contributed by atoms with Gasteiger partial charge in [0.15, 0.2) is 12.4 Å². The van der Waals surface area contributed by atoms with Crippen LogP contribution in [0.5, 0.6) is 5.75 Å². The lowest BCUT2D eigenvalue weighted by Gasteiger charge is -2.17. The molecule has 3 rings (SSSR count). The van der Waals surface area contributed by atoms with Crippen LogP contribution in [0.25, 0.3) is 0 Å². The second-order valence-corrected chi connectivity index (χ2v) is 5.26. The van der Waals surface area contributed by atoms with E-state index in [0.29, 0.717) is 11.7 Å². The quantitative estimate of drug-likeness (QED) is 0.872. The van der Waals surface area contributed by atoms with Gasteiger partial charge in [-0.2, -0.15) is 4.98 Å². The molecule has 0 bridgehead atoms. The van der Waals surface area contributed by atoms with E-state index in [0.717, 1.165) is 25.4 Å². The van der Waals surface area contributed by atoms with Crippen molar-refractivity contribution in [3.63, 3.8) is 0 Å². The molecule has 0 amide bonds. The molecule has 1 aromatic heterocycles. The molecule has 1 aliphatic rings. The van der Waals surface area contributed by atoms with Crippen LogP contribution in [0.3, 0.4) is 0 Å². The van der Waals surface area contributed by atoms with E-state index in [-0.39, 0.29) is 12.6 Å². The van der Waals surface area contributed by atoms with Crippen LogP contribution in [0.15, 0.2) is 34.9 Å². The second-order valence-electron chi connectivity index (χ2n) is 5.26. The monoisotopic (exact) mass is 288 g/mol. The van der Waals surface area contributed by atoms with Crippen molar-refractivity contribution in [2.75, 3.05) is 19.6 Å². The van der Waals surface area contributed by atoms with E-state index in [1.165, 1.54) is 12.8 Å². The fourth-order valence-corrected chi connectivity index (χ4v) is 2.46. The van der Waals surface area contributed by atoms with Crippen molar-refractivity contribution >= 4 is 0 Å². The molecule has 6 nitrogen and oxygen atoms in total. The van der Waals surface area contributed by atoms with Crippen LogP contribution in [0.1, 0.15) is 30.6 Å². The van der Waals surface area contributed by atoms with Crippen molar-refractivity contribution < 1.29 is 9.26 Å². The summed E-state index contributed by atoms with van der Waals surface area (Å²) in [5.41, 5.74) is 6.13. The Labute approximate surface area is 123 Å². The predicted molar refractivity (Wildman–Crippen MR) is 77.7 cm³/mol. The molecule has 1 aliphatic heterocycles. The number of rotatable bonds is 6. The molecular formula is C15H20N4O2. The van der Waals surface area contributed by atoms with Crippen LogP contribution < -0.4 is 10.5 Å². The number of hydrogen-bond donors (Lipinski definition) is 1. The van der Waals surface area contributed by atoms with Crippen molar-refractivity contribution in [3.05, 3.63) is 42.0 Å². The first-order valence-corrected chi connectivity index (χ1v) is 7.29. The Morgan fingerprint density at radius 1 is 1.24 bits per heavy atom. The van der Waals surface area contributed by atoms with Gasteiger partial charge in [0.05, 0.1) is 6.04 Å². The molecule has 2 heterocycles. The van der Waals surface area contributed by atoms with Crippen molar-refractivity contribution in [1.29, 1.82) is 0 Å². The topological polar surface area (TPSA) is 77.4 Å². The van der Waals surface area contributed by atoms with Crippen molar-refractivity contribution in [3.8, 4) is 5.75 Å². The Morgan fingerprint density at radius 2 is 2.00 bits per heavy atom. The van der Waals surface area contributed by atoms with Gasteiger partial charge in [0.2, 0.25) is 0 Å². The summed E-state index contributed by atoms with van der Waals surface area (Å²) in [7, 11) is 0. The highest BCUT2D eigenvalue weighted by Crippen LogP contribution is 2.15. The first-order chi connectivity index (χ1) is 10.3. The van der Waals surface area contributed by atoms with E-state index in [2.05, 4.69) is 15.0 Å². The van der Waals surface area contributed by atoms with Gasteiger partial charge in [0.25, 0.3) is 5.89 Å². The van der Waals surface area contributed by atoms with Gasteiger partial charge in [0.1, 0.15) is 5.75 Å². The minimum Gasteiger partial charge on any atom is -0.484 e. The highest BCUT2D eigenvalue weighted by molar-refractivity contribution is 5.20. The lowest BCUT2D eigenvalue weighted by Crippen LogP contribution is -2.30. The lowest BCUT2D eigenvalue weighted by molar-refractivity contribution is 0.241. The van der Waals surface area contributed by atoms with E-state index in [4.69, 9.17) is 15.0 Å². The van der Waals surface area contributed by atoms with E-state index in [1.807, 2.05) is 30.3 Å². The lowest BCUT2D eigenvalue weighted by atomic mass is 10.3. The fraction of sp³-hybridized carbons (Fsp3) is 0.467. The summed E-state index contributed by atoms with van der Waals surface area (Å²) < 4.78 is 10.8. The average Bonchev–Trinajstić information content (AvgIpc) is 3.17. The van der Waals surface area contributed by atoms with E-state index in [9.17, 15) is 0 Å². The third-order valence-corrected chi connectivity index (χ3v) is 3.57. The van der Waals surface area contributed by atoms with E-state index < -0.39 is 0 Å². The summed E-state index contributed by atoms with van der Waals surface area (Å²) in [4.78, 5) is 6.65. The van der Waals surface area contributed by atoms with Gasteiger partial charge in [0, 0.05) is 6.54 Å². The van der Waals surface area contributed by atoms with Gasteiger partial charge >= 0.3 is 0 Å². The first-order valence-electron chi connectivity index (χ1n) is 7.29. The van der Waals surface area contributed by atoms with Gasteiger partial charge in [-0.1, -0.05) is 23.4 Å². The van der Waals surface area contributed by atoms with Crippen molar-refractivity contribution in [1.82, 2.24) is 15.0 Å². The summed E-state index contributed by atoms with van der Waals surface area (Å²) in [6, 6.07) is 9.33. The van der Waals surface area contributed by atoms with Gasteiger partial charge in [-0.05, 0) is 38.1 Å². The zero-order valence-corrected chi connectivity index (χ0v) is 11.9. The molecule has 6 heteroatoms. The predicted octanol–water partition coefficient (Wildman–Crippen LogP) is 1.74. The van der Waals surface area contributed by atoms with Gasteiger partial charge in [-0.3, -0.25) is 0 Å². The third kappa shape index (κ3) is 3.80. The number of likely N-dealkylation sites (tertiary alicyclic amines) is 1. The highest BCUT2D eigenvalue weighted by Gasteiger charge is 2.20. The molecule has 1 aromatic carbocycles. The highest BCUT2D eigenvalue weighted by atomic mass is 16.5. The zero-order valence-electron chi connectivity index (χ0n) is 11.9. The smallest absolute Gasteiger partial charge is 0.264 e. The third-order valence-electron chi connectivity index (χ3n) is 3.57. The molecule has 2 aromatic rings. The number of hydrogen-bond acceptors (Lipinski definition) is 6.